The molecular formula is C23H32Cl2. The number of halogens is 2. The van der Waals surface area contributed by atoms with E-state index in [4.69, 9.17) is 23.2 Å². The van der Waals surface area contributed by atoms with E-state index in [1.54, 1.807) is 0 Å². The molecule has 2 saturated carbocycles. The van der Waals surface area contributed by atoms with Crippen LogP contribution in [0.3, 0.4) is 0 Å². The van der Waals surface area contributed by atoms with E-state index in [9.17, 15) is 0 Å². The van der Waals surface area contributed by atoms with Crippen molar-refractivity contribution >= 4 is 23.2 Å². The van der Waals surface area contributed by atoms with E-state index in [0.29, 0.717) is 10.0 Å². The first-order valence-electron chi connectivity index (χ1n) is 10.2. The second kappa shape index (κ2) is 9.47. The lowest BCUT2D eigenvalue weighted by Crippen LogP contribution is -2.25. The molecule has 2 heteroatoms. The Morgan fingerprint density at radius 2 is 1.52 bits per heavy atom. The minimum atomic E-state index is 0.662. The third-order valence-corrected chi connectivity index (χ3v) is 7.40. The lowest BCUT2D eigenvalue weighted by Gasteiger charge is -2.37. The number of hydrogen-bond acceptors (Lipinski definition) is 0. The number of allylic oxidation sites excluding steroid dienone is 2. The molecule has 0 spiro atoms. The van der Waals surface area contributed by atoms with E-state index >= 15 is 0 Å². The Kier molecular flexibility index (Phi) is 7.31. The Labute approximate surface area is 164 Å². The number of rotatable bonds is 5. The first kappa shape index (κ1) is 19.3. The van der Waals surface area contributed by atoms with E-state index in [-0.39, 0.29) is 0 Å². The largest absolute Gasteiger partial charge is 0.0914 e. The van der Waals surface area contributed by atoms with Crippen LogP contribution >= 0.6 is 23.2 Å². The average molecular weight is 379 g/mol. The summed E-state index contributed by atoms with van der Waals surface area (Å²) in [6.07, 6.45) is 18.7. The van der Waals surface area contributed by atoms with Crippen LogP contribution < -0.4 is 0 Å². The van der Waals surface area contributed by atoms with Gasteiger partial charge in [0.25, 0.3) is 0 Å². The molecule has 0 radical (unpaired) electrons. The van der Waals surface area contributed by atoms with Crippen molar-refractivity contribution in [3.63, 3.8) is 0 Å². The molecule has 0 heterocycles. The summed E-state index contributed by atoms with van der Waals surface area (Å²) in [7, 11) is 0. The van der Waals surface area contributed by atoms with Gasteiger partial charge in [-0.25, -0.2) is 0 Å². The van der Waals surface area contributed by atoms with Crippen molar-refractivity contribution < 1.29 is 0 Å². The molecule has 0 N–H and O–H groups in total. The Morgan fingerprint density at radius 1 is 0.880 bits per heavy atom. The molecule has 1 aromatic carbocycles. The van der Waals surface area contributed by atoms with Gasteiger partial charge in [0.05, 0.1) is 10.0 Å². The van der Waals surface area contributed by atoms with Crippen molar-refractivity contribution in [3.8, 4) is 0 Å². The van der Waals surface area contributed by atoms with Gasteiger partial charge in [0.2, 0.25) is 0 Å². The highest BCUT2D eigenvalue weighted by Gasteiger charge is 2.30. The third-order valence-electron chi connectivity index (χ3n) is 6.66. The van der Waals surface area contributed by atoms with Gasteiger partial charge in [-0.1, -0.05) is 54.3 Å². The normalized spacial score (nSPS) is 30.7. The zero-order chi connectivity index (χ0) is 17.6. The molecule has 2 aliphatic rings. The molecule has 0 amide bonds. The molecular weight excluding hydrogens is 347 g/mol. The van der Waals surface area contributed by atoms with Gasteiger partial charge in [0.1, 0.15) is 0 Å². The molecule has 25 heavy (non-hydrogen) atoms. The molecule has 0 nitrogen and oxygen atoms in total. The molecule has 1 aromatic rings. The highest BCUT2D eigenvalue weighted by molar-refractivity contribution is 6.42. The molecule has 138 valence electrons. The molecule has 0 unspecified atom stereocenters. The van der Waals surface area contributed by atoms with E-state index in [1.165, 1.54) is 63.4 Å². The van der Waals surface area contributed by atoms with Crippen LogP contribution in [0.2, 0.25) is 10.0 Å². The molecule has 0 aliphatic heterocycles. The van der Waals surface area contributed by atoms with Crippen molar-refractivity contribution in [1.29, 1.82) is 0 Å². The summed E-state index contributed by atoms with van der Waals surface area (Å²) in [5, 5.41) is 1.35. The zero-order valence-electron chi connectivity index (χ0n) is 15.5. The van der Waals surface area contributed by atoms with Crippen LogP contribution in [0.1, 0.15) is 70.3 Å². The Morgan fingerprint density at radius 3 is 2.12 bits per heavy atom. The van der Waals surface area contributed by atoms with E-state index in [2.05, 4.69) is 25.1 Å². The van der Waals surface area contributed by atoms with E-state index in [0.717, 1.165) is 30.1 Å². The predicted octanol–water partition coefficient (Wildman–Crippen LogP) is 8.11. The van der Waals surface area contributed by atoms with Gasteiger partial charge in [0.15, 0.2) is 0 Å². The Hall–Kier alpha value is -0.460. The van der Waals surface area contributed by atoms with Crippen molar-refractivity contribution in [1.82, 2.24) is 0 Å². The van der Waals surface area contributed by atoms with Crippen molar-refractivity contribution in [3.05, 3.63) is 46.0 Å². The minimum Gasteiger partial charge on any atom is -0.0914 e. The maximum absolute atomic E-state index is 6.13. The van der Waals surface area contributed by atoms with Crippen molar-refractivity contribution in [2.45, 2.75) is 71.1 Å². The van der Waals surface area contributed by atoms with Crippen molar-refractivity contribution in [2.24, 2.45) is 23.7 Å². The molecule has 0 saturated heterocycles. The quantitative estimate of drug-likeness (QED) is 0.453. The summed E-state index contributed by atoms with van der Waals surface area (Å²) >= 11 is 12.1. The highest BCUT2D eigenvalue weighted by Crippen LogP contribution is 2.42. The molecule has 0 aromatic heterocycles. The maximum atomic E-state index is 6.13. The van der Waals surface area contributed by atoms with Crippen LogP contribution in [-0.2, 0) is 6.42 Å². The van der Waals surface area contributed by atoms with Crippen LogP contribution in [0.5, 0.6) is 0 Å². The van der Waals surface area contributed by atoms with Gasteiger partial charge >= 0.3 is 0 Å². The number of hydrogen-bond donors (Lipinski definition) is 0. The molecule has 2 aliphatic carbocycles. The maximum Gasteiger partial charge on any atom is 0.0595 e. The van der Waals surface area contributed by atoms with Crippen molar-refractivity contribution in [2.75, 3.05) is 0 Å². The van der Waals surface area contributed by atoms with Gasteiger partial charge in [-0.15, -0.1) is 0 Å². The molecule has 0 bridgehead atoms. The second-order valence-corrected chi connectivity index (χ2v) is 9.08. The fourth-order valence-corrected chi connectivity index (χ4v) is 5.42. The second-order valence-electron chi connectivity index (χ2n) is 8.27. The number of aryl methyl sites for hydroxylation is 1. The van der Waals surface area contributed by atoms with Crippen LogP contribution in [0.25, 0.3) is 0 Å². The molecule has 2 fully saturated rings. The van der Waals surface area contributed by atoms with Gasteiger partial charge in [0, 0.05) is 0 Å². The monoisotopic (exact) mass is 378 g/mol. The van der Waals surface area contributed by atoms with E-state index < -0.39 is 0 Å². The van der Waals surface area contributed by atoms with Gasteiger partial charge < -0.3 is 0 Å². The van der Waals surface area contributed by atoms with Crippen LogP contribution in [-0.4, -0.2) is 0 Å². The van der Waals surface area contributed by atoms with Gasteiger partial charge in [-0.2, -0.15) is 0 Å². The SMILES string of the molecule is CC=CC1CCC(C2CCC(CCc3ccc(Cl)c(Cl)c3)CC2)CC1. The standard InChI is InChI=1S/C23H32Cl2/c1-2-3-17-6-11-20(12-7-17)21-13-8-18(9-14-21)4-5-19-10-15-22(24)23(25)16-19/h2-3,10,15-18,20-21H,4-9,11-14H2,1H3. The third kappa shape index (κ3) is 5.51. The topological polar surface area (TPSA) is 0 Å². The van der Waals surface area contributed by atoms with Crippen LogP contribution in [0, 0.1) is 23.7 Å². The predicted molar refractivity (Wildman–Crippen MR) is 110 cm³/mol. The summed E-state index contributed by atoms with van der Waals surface area (Å²) in [6.45, 7) is 2.16. The summed E-state index contributed by atoms with van der Waals surface area (Å²) < 4.78 is 0. The smallest absolute Gasteiger partial charge is 0.0595 e. The van der Waals surface area contributed by atoms with Gasteiger partial charge in [-0.05, 0) is 99.7 Å². The summed E-state index contributed by atoms with van der Waals surface area (Å²) in [5.41, 5.74) is 1.33. The van der Waals surface area contributed by atoms with Crippen LogP contribution in [0.15, 0.2) is 30.4 Å². The summed E-state index contributed by atoms with van der Waals surface area (Å²) in [4.78, 5) is 0. The molecule has 3 rings (SSSR count). The van der Waals surface area contributed by atoms with Gasteiger partial charge in [-0.3, -0.25) is 0 Å². The fraction of sp³-hybridized carbons (Fsp3) is 0.652. The lowest BCUT2D eigenvalue weighted by molar-refractivity contribution is 0.152. The summed E-state index contributed by atoms with van der Waals surface area (Å²) in [5.74, 6) is 3.79. The fourth-order valence-electron chi connectivity index (χ4n) is 5.10. The first-order valence-corrected chi connectivity index (χ1v) is 11.0. The average Bonchev–Trinajstić information content (AvgIpc) is 2.64. The zero-order valence-corrected chi connectivity index (χ0v) is 17.0. The molecule has 0 atom stereocenters. The number of benzene rings is 1. The van der Waals surface area contributed by atoms with E-state index in [1.807, 2.05) is 12.1 Å². The first-order chi connectivity index (χ1) is 12.2. The Balaban J connectivity index is 1.39. The van der Waals surface area contributed by atoms with Crippen LogP contribution in [0.4, 0.5) is 0 Å². The Bertz CT molecular complexity index is 561. The summed E-state index contributed by atoms with van der Waals surface area (Å²) in [6, 6.07) is 6.10. The highest BCUT2D eigenvalue weighted by atomic mass is 35.5. The lowest BCUT2D eigenvalue weighted by atomic mass is 9.68. The minimum absolute atomic E-state index is 0.662.